The van der Waals surface area contributed by atoms with Gasteiger partial charge in [0.05, 0.1) is 6.54 Å². The largest absolute Gasteiger partial charge is 0.367 e. The molecule has 4 nitrogen and oxygen atoms in total. The standard InChI is InChI=1S/C14H20N4S/c1-17-8-7-16-14(17)10-18(2)12-5-4-6-13(19-3)11(12)9-15/h4-8H,9-10,15H2,1-3H3. The molecule has 0 unspecified atom stereocenters. The lowest BCUT2D eigenvalue weighted by Crippen LogP contribution is -2.21. The Morgan fingerprint density at radius 3 is 2.79 bits per heavy atom. The first kappa shape index (κ1) is 14.0. The molecule has 0 atom stereocenters. The Hall–Kier alpha value is -1.46. The van der Waals surface area contributed by atoms with Crippen molar-refractivity contribution in [3.05, 3.63) is 42.0 Å². The quantitative estimate of drug-likeness (QED) is 0.851. The van der Waals surface area contributed by atoms with Gasteiger partial charge in [-0.2, -0.15) is 0 Å². The summed E-state index contributed by atoms with van der Waals surface area (Å²) in [6.45, 7) is 1.32. The molecule has 0 fully saturated rings. The zero-order valence-electron chi connectivity index (χ0n) is 11.6. The number of anilines is 1. The molecule has 0 spiro atoms. The van der Waals surface area contributed by atoms with E-state index in [1.54, 1.807) is 11.8 Å². The van der Waals surface area contributed by atoms with Crippen LogP contribution in [0, 0.1) is 0 Å². The average Bonchev–Trinajstić information content (AvgIpc) is 2.83. The molecular weight excluding hydrogens is 256 g/mol. The highest BCUT2D eigenvalue weighted by molar-refractivity contribution is 7.98. The number of benzene rings is 1. The number of imidazole rings is 1. The molecule has 0 aliphatic heterocycles. The number of rotatable bonds is 5. The van der Waals surface area contributed by atoms with Crippen molar-refractivity contribution in [2.75, 3.05) is 18.2 Å². The molecule has 0 amide bonds. The maximum atomic E-state index is 5.91. The van der Waals surface area contributed by atoms with Crippen molar-refractivity contribution < 1.29 is 0 Å². The van der Waals surface area contributed by atoms with Crippen molar-refractivity contribution in [1.29, 1.82) is 0 Å². The molecule has 0 aliphatic carbocycles. The SMILES string of the molecule is CSc1cccc(N(C)Cc2nccn2C)c1CN. The molecule has 0 aliphatic rings. The van der Waals surface area contributed by atoms with Crippen LogP contribution < -0.4 is 10.6 Å². The van der Waals surface area contributed by atoms with Gasteiger partial charge in [-0.25, -0.2) is 4.98 Å². The normalized spacial score (nSPS) is 10.7. The summed E-state index contributed by atoms with van der Waals surface area (Å²) in [6, 6.07) is 6.31. The Morgan fingerprint density at radius 1 is 1.42 bits per heavy atom. The summed E-state index contributed by atoms with van der Waals surface area (Å²) in [5.41, 5.74) is 8.29. The monoisotopic (exact) mass is 276 g/mol. The molecule has 0 bridgehead atoms. The lowest BCUT2D eigenvalue weighted by atomic mass is 10.1. The minimum absolute atomic E-state index is 0.553. The molecule has 1 aromatic carbocycles. The molecule has 5 heteroatoms. The molecule has 2 N–H and O–H groups in total. The highest BCUT2D eigenvalue weighted by Gasteiger charge is 2.12. The number of aromatic nitrogens is 2. The van der Waals surface area contributed by atoms with Crippen LogP contribution in [-0.2, 0) is 20.1 Å². The van der Waals surface area contributed by atoms with Gasteiger partial charge < -0.3 is 15.2 Å². The summed E-state index contributed by atoms with van der Waals surface area (Å²) in [7, 11) is 4.09. The van der Waals surface area contributed by atoms with E-state index in [-0.39, 0.29) is 0 Å². The van der Waals surface area contributed by atoms with Crippen molar-refractivity contribution in [1.82, 2.24) is 9.55 Å². The van der Waals surface area contributed by atoms with Crippen LogP contribution in [-0.4, -0.2) is 22.9 Å². The minimum atomic E-state index is 0.553. The van der Waals surface area contributed by atoms with Crippen LogP contribution >= 0.6 is 11.8 Å². The topological polar surface area (TPSA) is 47.1 Å². The summed E-state index contributed by atoms with van der Waals surface area (Å²) in [5, 5.41) is 0. The molecule has 0 radical (unpaired) electrons. The molecule has 1 aromatic heterocycles. The summed E-state index contributed by atoms with van der Waals surface area (Å²) in [5.74, 6) is 1.04. The lowest BCUT2D eigenvalue weighted by molar-refractivity contribution is 0.757. The van der Waals surface area contributed by atoms with E-state index in [1.165, 1.54) is 16.1 Å². The fourth-order valence-electron chi connectivity index (χ4n) is 2.15. The number of nitrogens with two attached hydrogens (primary N) is 1. The highest BCUT2D eigenvalue weighted by atomic mass is 32.2. The first-order valence-corrected chi connectivity index (χ1v) is 7.43. The van der Waals surface area contributed by atoms with Gasteiger partial charge in [-0.15, -0.1) is 11.8 Å². The van der Waals surface area contributed by atoms with Crippen LogP contribution in [0.2, 0.25) is 0 Å². The van der Waals surface area contributed by atoms with Gasteiger partial charge in [0.1, 0.15) is 5.82 Å². The minimum Gasteiger partial charge on any atom is -0.367 e. The summed E-state index contributed by atoms with van der Waals surface area (Å²) < 4.78 is 2.04. The number of hydrogen-bond donors (Lipinski definition) is 1. The van der Waals surface area contributed by atoms with E-state index in [9.17, 15) is 0 Å². The van der Waals surface area contributed by atoms with Gasteiger partial charge >= 0.3 is 0 Å². The predicted molar refractivity (Wildman–Crippen MR) is 81.4 cm³/mol. The van der Waals surface area contributed by atoms with Crippen molar-refractivity contribution in [3.63, 3.8) is 0 Å². The van der Waals surface area contributed by atoms with Gasteiger partial charge in [0.25, 0.3) is 0 Å². The van der Waals surface area contributed by atoms with E-state index in [1.807, 2.05) is 24.0 Å². The van der Waals surface area contributed by atoms with E-state index < -0.39 is 0 Å². The number of nitrogens with zero attached hydrogens (tertiary/aromatic N) is 3. The number of hydrogen-bond acceptors (Lipinski definition) is 4. The molecule has 0 saturated heterocycles. The molecule has 1 heterocycles. The molecule has 102 valence electrons. The van der Waals surface area contributed by atoms with E-state index in [2.05, 4.69) is 41.4 Å². The predicted octanol–water partition coefficient (Wildman–Crippen LogP) is 2.24. The lowest BCUT2D eigenvalue weighted by Gasteiger charge is -2.23. The third kappa shape index (κ3) is 2.93. The van der Waals surface area contributed by atoms with Gasteiger partial charge in [-0.3, -0.25) is 0 Å². The second-order valence-electron chi connectivity index (χ2n) is 4.47. The van der Waals surface area contributed by atoms with E-state index in [0.29, 0.717) is 6.54 Å². The fourth-order valence-corrected chi connectivity index (χ4v) is 2.80. The van der Waals surface area contributed by atoms with Gasteiger partial charge in [-0.1, -0.05) is 6.07 Å². The molecule has 19 heavy (non-hydrogen) atoms. The Bertz CT molecular complexity index is 550. The Morgan fingerprint density at radius 2 is 2.21 bits per heavy atom. The van der Waals surface area contributed by atoms with Crippen molar-refractivity contribution >= 4 is 17.4 Å². The van der Waals surface area contributed by atoms with E-state index >= 15 is 0 Å². The summed E-state index contributed by atoms with van der Waals surface area (Å²) in [6.07, 6.45) is 5.87. The fraction of sp³-hybridized carbons (Fsp3) is 0.357. The van der Waals surface area contributed by atoms with Crippen molar-refractivity contribution in [2.24, 2.45) is 12.8 Å². The molecule has 2 aromatic rings. The third-order valence-electron chi connectivity index (χ3n) is 3.24. The summed E-state index contributed by atoms with van der Waals surface area (Å²) >= 11 is 1.74. The van der Waals surface area contributed by atoms with Crippen LogP contribution in [0.5, 0.6) is 0 Å². The average molecular weight is 276 g/mol. The Kier molecular flexibility index (Phi) is 4.50. The second kappa shape index (κ2) is 6.12. The zero-order chi connectivity index (χ0) is 13.8. The zero-order valence-corrected chi connectivity index (χ0v) is 12.4. The van der Waals surface area contributed by atoms with Crippen LogP contribution in [0.1, 0.15) is 11.4 Å². The van der Waals surface area contributed by atoms with Gasteiger partial charge in [0, 0.05) is 49.2 Å². The van der Waals surface area contributed by atoms with Crippen molar-refractivity contribution in [3.8, 4) is 0 Å². The van der Waals surface area contributed by atoms with Gasteiger partial charge in [0.15, 0.2) is 0 Å². The highest BCUT2D eigenvalue weighted by Crippen LogP contribution is 2.29. The van der Waals surface area contributed by atoms with Crippen LogP contribution in [0.4, 0.5) is 5.69 Å². The van der Waals surface area contributed by atoms with Crippen molar-refractivity contribution in [2.45, 2.75) is 18.0 Å². The van der Waals surface area contributed by atoms with Crippen LogP contribution in [0.15, 0.2) is 35.5 Å². The smallest absolute Gasteiger partial charge is 0.127 e. The Labute approximate surface area is 118 Å². The summed E-state index contributed by atoms with van der Waals surface area (Å²) in [4.78, 5) is 7.81. The van der Waals surface area contributed by atoms with Crippen LogP contribution in [0.25, 0.3) is 0 Å². The number of thioether (sulfide) groups is 1. The first-order chi connectivity index (χ1) is 9.17. The van der Waals surface area contributed by atoms with E-state index in [0.717, 1.165) is 12.4 Å². The third-order valence-corrected chi connectivity index (χ3v) is 4.07. The van der Waals surface area contributed by atoms with Gasteiger partial charge in [0.2, 0.25) is 0 Å². The number of aryl methyl sites for hydroxylation is 1. The van der Waals surface area contributed by atoms with Gasteiger partial charge in [-0.05, 0) is 18.4 Å². The second-order valence-corrected chi connectivity index (χ2v) is 5.32. The molecular formula is C14H20N4S. The first-order valence-electron chi connectivity index (χ1n) is 6.20. The van der Waals surface area contributed by atoms with Crippen LogP contribution in [0.3, 0.4) is 0 Å². The maximum absolute atomic E-state index is 5.91. The Balaban J connectivity index is 2.28. The molecule has 2 rings (SSSR count). The molecule has 0 saturated carbocycles. The maximum Gasteiger partial charge on any atom is 0.127 e. The van der Waals surface area contributed by atoms with E-state index in [4.69, 9.17) is 5.73 Å².